The lowest BCUT2D eigenvalue weighted by molar-refractivity contribution is 0.484. The van der Waals surface area contributed by atoms with Crippen LogP contribution in [0.4, 0.5) is 0 Å². The number of aryl methyl sites for hydroxylation is 2. The fourth-order valence-corrected chi connectivity index (χ4v) is 1.99. The van der Waals surface area contributed by atoms with E-state index in [0.717, 1.165) is 12.2 Å². The Hall–Kier alpha value is -1.57. The van der Waals surface area contributed by atoms with Gasteiger partial charge in [-0.05, 0) is 37.5 Å². The van der Waals surface area contributed by atoms with Crippen molar-refractivity contribution in [2.75, 3.05) is 0 Å². The van der Waals surface area contributed by atoms with Crippen molar-refractivity contribution in [1.82, 2.24) is 9.78 Å². The molecule has 0 saturated carbocycles. The Bertz CT molecular complexity index is 509. The molecule has 0 bridgehead atoms. The Kier molecular flexibility index (Phi) is 3.32. The van der Waals surface area contributed by atoms with Gasteiger partial charge in [-0.3, -0.25) is 4.68 Å². The Balaban J connectivity index is 2.33. The van der Waals surface area contributed by atoms with E-state index in [1.54, 1.807) is 0 Å². The molecule has 1 aromatic carbocycles. The fourth-order valence-electron chi connectivity index (χ4n) is 1.99. The van der Waals surface area contributed by atoms with Crippen LogP contribution in [-0.2, 0) is 6.54 Å². The van der Waals surface area contributed by atoms with E-state index < -0.39 is 0 Å². The van der Waals surface area contributed by atoms with Gasteiger partial charge in [0.15, 0.2) is 0 Å². The highest BCUT2D eigenvalue weighted by Gasteiger charge is 2.06. The highest BCUT2D eigenvalue weighted by atomic mass is 15.3. The van der Waals surface area contributed by atoms with Crippen LogP contribution < -0.4 is 0 Å². The maximum Gasteiger partial charge on any atom is 0.0925 e. The van der Waals surface area contributed by atoms with Crippen LogP contribution in [0.1, 0.15) is 25.0 Å². The summed E-state index contributed by atoms with van der Waals surface area (Å²) in [5.41, 5.74) is 4.88. The van der Waals surface area contributed by atoms with E-state index in [4.69, 9.17) is 0 Å². The predicted molar refractivity (Wildman–Crippen MR) is 72.0 cm³/mol. The monoisotopic (exact) mass is 228 g/mol. The average molecular weight is 228 g/mol. The third-order valence-corrected chi connectivity index (χ3v) is 2.86. The van der Waals surface area contributed by atoms with E-state index in [1.165, 1.54) is 16.7 Å². The second-order valence-corrected chi connectivity index (χ2v) is 5.14. The molecule has 0 aliphatic heterocycles. The fraction of sp³-hybridized carbons (Fsp3) is 0.400. The minimum absolute atomic E-state index is 0.626. The molecule has 0 fully saturated rings. The summed E-state index contributed by atoms with van der Waals surface area (Å²) in [5.74, 6) is 0.626. The highest BCUT2D eigenvalue weighted by Crippen LogP contribution is 2.22. The maximum absolute atomic E-state index is 4.64. The third-order valence-electron chi connectivity index (χ3n) is 2.86. The van der Waals surface area contributed by atoms with Crippen LogP contribution in [0.2, 0.25) is 0 Å². The number of aromatic nitrogens is 2. The van der Waals surface area contributed by atoms with Gasteiger partial charge in [-0.2, -0.15) is 5.10 Å². The number of rotatable bonds is 3. The molecule has 17 heavy (non-hydrogen) atoms. The van der Waals surface area contributed by atoms with Gasteiger partial charge in [-0.15, -0.1) is 0 Å². The molecule has 0 radical (unpaired) electrons. The molecule has 1 aromatic heterocycles. The van der Waals surface area contributed by atoms with Gasteiger partial charge >= 0.3 is 0 Å². The maximum atomic E-state index is 4.64. The van der Waals surface area contributed by atoms with E-state index in [2.05, 4.69) is 63.3 Å². The van der Waals surface area contributed by atoms with Crippen LogP contribution in [0.25, 0.3) is 11.3 Å². The van der Waals surface area contributed by atoms with Crippen molar-refractivity contribution in [3.8, 4) is 11.3 Å². The second kappa shape index (κ2) is 4.74. The molecule has 0 N–H and O–H groups in total. The lowest BCUT2D eigenvalue weighted by Gasteiger charge is -2.06. The number of hydrogen-bond acceptors (Lipinski definition) is 1. The summed E-state index contributed by atoms with van der Waals surface area (Å²) in [5, 5.41) is 4.64. The van der Waals surface area contributed by atoms with Crippen LogP contribution in [0.15, 0.2) is 30.5 Å². The van der Waals surface area contributed by atoms with Crippen molar-refractivity contribution in [2.45, 2.75) is 34.2 Å². The zero-order valence-corrected chi connectivity index (χ0v) is 11.1. The Morgan fingerprint density at radius 1 is 1.18 bits per heavy atom. The van der Waals surface area contributed by atoms with E-state index in [9.17, 15) is 0 Å². The van der Waals surface area contributed by atoms with E-state index in [-0.39, 0.29) is 0 Å². The molecular weight excluding hydrogens is 208 g/mol. The van der Waals surface area contributed by atoms with Crippen LogP contribution in [-0.4, -0.2) is 9.78 Å². The van der Waals surface area contributed by atoms with Gasteiger partial charge in [-0.25, -0.2) is 0 Å². The molecule has 2 nitrogen and oxygen atoms in total. The van der Waals surface area contributed by atoms with Gasteiger partial charge in [0.2, 0.25) is 0 Å². The molecular formula is C15H20N2. The van der Waals surface area contributed by atoms with E-state index in [1.807, 2.05) is 4.68 Å². The van der Waals surface area contributed by atoms with Crippen LogP contribution in [0.3, 0.4) is 0 Å². The van der Waals surface area contributed by atoms with Crippen molar-refractivity contribution in [2.24, 2.45) is 5.92 Å². The smallest absolute Gasteiger partial charge is 0.0925 e. The molecule has 2 rings (SSSR count). The standard InChI is InChI=1S/C15H20N2/c1-11(2)10-17-8-7-15(16-17)14-9-12(3)5-6-13(14)4/h5-9,11H,10H2,1-4H3. The molecule has 2 heteroatoms. The lowest BCUT2D eigenvalue weighted by Crippen LogP contribution is -2.04. The zero-order chi connectivity index (χ0) is 12.4. The molecule has 0 aliphatic rings. The van der Waals surface area contributed by atoms with Crippen LogP contribution in [0.5, 0.6) is 0 Å². The molecule has 0 atom stereocenters. The summed E-state index contributed by atoms with van der Waals surface area (Å²) in [6, 6.07) is 8.61. The summed E-state index contributed by atoms with van der Waals surface area (Å²) in [6.07, 6.45) is 2.07. The quantitative estimate of drug-likeness (QED) is 0.780. The molecule has 0 unspecified atom stereocenters. The van der Waals surface area contributed by atoms with Gasteiger partial charge in [0.05, 0.1) is 5.69 Å². The SMILES string of the molecule is Cc1ccc(C)c(-c2ccn(CC(C)C)n2)c1. The van der Waals surface area contributed by atoms with Crippen molar-refractivity contribution in [3.05, 3.63) is 41.6 Å². The summed E-state index contributed by atoms with van der Waals surface area (Å²) in [7, 11) is 0. The Morgan fingerprint density at radius 3 is 2.65 bits per heavy atom. The van der Waals surface area contributed by atoms with Crippen LogP contribution >= 0.6 is 0 Å². The molecule has 0 aliphatic carbocycles. The van der Waals surface area contributed by atoms with E-state index >= 15 is 0 Å². The normalized spacial score (nSPS) is 11.1. The van der Waals surface area contributed by atoms with E-state index in [0.29, 0.717) is 5.92 Å². The topological polar surface area (TPSA) is 17.8 Å². The first-order valence-electron chi connectivity index (χ1n) is 6.17. The first-order valence-corrected chi connectivity index (χ1v) is 6.17. The number of nitrogens with zero attached hydrogens (tertiary/aromatic N) is 2. The highest BCUT2D eigenvalue weighted by molar-refractivity contribution is 5.63. The van der Waals surface area contributed by atoms with Gasteiger partial charge < -0.3 is 0 Å². The minimum atomic E-state index is 0.626. The van der Waals surface area contributed by atoms with Crippen molar-refractivity contribution in [1.29, 1.82) is 0 Å². The summed E-state index contributed by atoms with van der Waals surface area (Å²) in [4.78, 5) is 0. The summed E-state index contributed by atoms with van der Waals surface area (Å²) in [6.45, 7) is 9.65. The molecule has 0 amide bonds. The van der Waals surface area contributed by atoms with Crippen LogP contribution in [0, 0.1) is 19.8 Å². The first-order chi connectivity index (χ1) is 8.06. The molecule has 0 saturated heterocycles. The Morgan fingerprint density at radius 2 is 1.94 bits per heavy atom. The van der Waals surface area contributed by atoms with Gasteiger partial charge in [0.1, 0.15) is 0 Å². The minimum Gasteiger partial charge on any atom is -0.272 e. The van der Waals surface area contributed by atoms with Crippen molar-refractivity contribution < 1.29 is 0 Å². The molecule has 2 aromatic rings. The second-order valence-electron chi connectivity index (χ2n) is 5.14. The van der Waals surface area contributed by atoms with Crippen molar-refractivity contribution >= 4 is 0 Å². The van der Waals surface area contributed by atoms with Gasteiger partial charge in [-0.1, -0.05) is 31.5 Å². The lowest BCUT2D eigenvalue weighted by atomic mass is 10.0. The first kappa shape index (κ1) is 11.9. The molecule has 0 spiro atoms. The number of benzene rings is 1. The molecule has 1 heterocycles. The van der Waals surface area contributed by atoms with Crippen molar-refractivity contribution in [3.63, 3.8) is 0 Å². The third kappa shape index (κ3) is 2.76. The van der Waals surface area contributed by atoms with Gasteiger partial charge in [0, 0.05) is 18.3 Å². The van der Waals surface area contributed by atoms with Gasteiger partial charge in [0.25, 0.3) is 0 Å². The average Bonchev–Trinajstić information content (AvgIpc) is 2.69. The predicted octanol–water partition coefficient (Wildman–Crippen LogP) is 3.82. The zero-order valence-electron chi connectivity index (χ0n) is 11.1. The summed E-state index contributed by atoms with van der Waals surface area (Å²) >= 11 is 0. The number of hydrogen-bond donors (Lipinski definition) is 0. The molecule has 90 valence electrons. The Labute approximate surface area is 103 Å². The largest absolute Gasteiger partial charge is 0.272 e. The summed E-state index contributed by atoms with van der Waals surface area (Å²) < 4.78 is 2.03.